The molecule has 2 atom stereocenters. The van der Waals surface area contributed by atoms with Gasteiger partial charge in [-0.05, 0) is 24.6 Å². The van der Waals surface area contributed by atoms with Crippen molar-refractivity contribution in [2.75, 3.05) is 7.05 Å². The summed E-state index contributed by atoms with van der Waals surface area (Å²) in [5.74, 6) is -0.00990. The number of carbonyl (C=O) groups is 1. The van der Waals surface area contributed by atoms with E-state index in [1.165, 1.54) is 0 Å². The minimum absolute atomic E-state index is 0.00990. The molecule has 4 heteroatoms. The molecule has 1 aliphatic heterocycles. The molecule has 0 aliphatic carbocycles. The first-order chi connectivity index (χ1) is 6.58. The van der Waals surface area contributed by atoms with Crippen molar-refractivity contribution < 1.29 is 4.79 Å². The molecule has 4 nitrogen and oxygen atoms in total. The maximum Gasteiger partial charge on any atom is 0.242 e. The second-order valence-electron chi connectivity index (χ2n) is 3.76. The topological polar surface area (TPSA) is 59.2 Å². The molecule has 74 valence electrons. The lowest BCUT2D eigenvalue weighted by molar-refractivity contribution is -0.157. The molecule has 2 unspecified atom stereocenters. The molecule has 2 heterocycles. The fourth-order valence-corrected chi connectivity index (χ4v) is 1.88. The van der Waals surface area contributed by atoms with Gasteiger partial charge in [0, 0.05) is 19.4 Å². The largest absolute Gasteiger partial charge is 0.333 e. The number of nitrogens with zero attached hydrogens (tertiary/aromatic N) is 2. The predicted molar refractivity (Wildman–Crippen MR) is 52.3 cm³/mol. The second kappa shape index (κ2) is 2.78. The van der Waals surface area contributed by atoms with E-state index in [4.69, 9.17) is 5.73 Å². The van der Waals surface area contributed by atoms with Crippen molar-refractivity contribution in [1.29, 1.82) is 0 Å². The van der Waals surface area contributed by atoms with E-state index in [0.717, 1.165) is 5.56 Å². The summed E-state index contributed by atoms with van der Waals surface area (Å²) in [5.41, 5.74) is 6.47. The number of aromatic nitrogens is 1. The van der Waals surface area contributed by atoms with Crippen molar-refractivity contribution in [2.45, 2.75) is 18.5 Å². The summed E-state index contributed by atoms with van der Waals surface area (Å²) in [6.45, 7) is 1.97. The highest BCUT2D eigenvalue weighted by molar-refractivity contribution is 5.91. The minimum Gasteiger partial charge on any atom is -0.333 e. The van der Waals surface area contributed by atoms with E-state index >= 15 is 0 Å². The summed E-state index contributed by atoms with van der Waals surface area (Å²) in [4.78, 5) is 17.0. The average molecular weight is 191 g/mol. The predicted octanol–water partition coefficient (Wildman–Crippen LogP) is 0.0961. The summed E-state index contributed by atoms with van der Waals surface area (Å²) >= 11 is 0. The quantitative estimate of drug-likeness (QED) is 0.640. The van der Waals surface area contributed by atoms with Crippen molar-refractivity contribution in [3.05, 3.63) is 30.1 Å². The third-order valence-electron chi connectivity index (χ3n) is 3.16. The molecule has 0 aromatic carbocycles. The molecule has 1 aromatic rings. The van der Waals surface area contributed by atoms with E-state index in [2.05, 4.69) is 4.98 Å². The number of amides is 1. The van der Waals surface area contributed by atoms with Gasteiger partial charge in [-0.1, -0.05) is 0 Å². The summed E-state index contributed by atoms with van der Waals surface area (Å²) in [7, 11) is 1.77. The number of hydrogen-bond acceptors (Lipinski definition) is 3. The van der Waals surface area contributed by atoms with Gasteiger partial charge in [0.1, 0.15) is 6.04 Å². The van der Waals surface area contributed by atoms with E-state index < -0.39 is 6.04 Å². The zero-order valence-electron chi connectivity index (χ0n) is 8.27. The summed E-state index contributed by atoms with van der Waals surface area (Å²) < 4.78 is 0. The number of likely N-dealkylation sites (N-methyl/N-ethyl adjacent to an activating group) is 1. The van der Waals surface area contributed by atoms with Crippen LogP contribution in [0.2, 0.25) is 0 Å². The summed E-state index contributed by atoms with van der Waals surface area (Å²) in [6, 6.07) is 3.35. The number of hydrogen-bond donors (Lipinski definition) is 1. The van der Waals surface area contributed by atoms with Crippen LogP contribution in [0.5, 0.6) is 0 Å². The lowest BCUT2D eigenvalue weighted by Crippen LogP contribution is -2.72. The molecule has 1 aromatic heterocycles. The van der Waals surface area contributed by atoms with Gasteiger partial charge >= 0.3 is 0 Å². The van der Waals surface area contributed by atoms with Crippen molar-refractivity contribution in [2.24, 2.45) is 5.73 Å². The van der Waals surface area contributed by atoms with E-state index in [1.807, 2.05) is 19.1 Å². The Balaban J connectivity index is 2.40. The third kappa shape index (κ3) is 0.915. The maximum absolute atomic E-state index is 11.3. The van der Waals surface area contributed by atoms with Gasteiger partial charge in [-0.15, -0.1) is 0 Å². The van der Waals surface area contributed by atoms with Gasteiger partial charge in [0.05, 0.1) is 5.54 Å². The van der Waals surface area contributed by atoms with Crippen LogP contribution in [0.4, 0.5) is 0 Å². The highest BCUT2D eigenvalue weighted by atomic mass is 16.2. The van der Waals surface area contributed by atoms with Gasteiger partial charge in [0.15, 0.2) is 0 Å². The molecule has 14 heavy (non-hydrogen) atoms. The van der Waals surface area contributed by atoms with Gasteiger partial charge in [-0.3, -0.25) is 9.78 Å². The molecule has 0 radical (unpaired) electrons. The molecule has 1 amide bonds. The number of rotatable bonds is 1. The van der Waals surface area contributed by atoms with Crippen molar-refractivity contribution in [3.63, 3.8) is 0 Å². The van der Waals surface area contributed by atoms with Crippen LogP contribution in [-0.2, 0) is 10.3 Å². The fraction of sp³-hybridized carbons (Fsp3) is 0.400. The number of pyridine rings is 1. The van der Waals surface area contributed by atoms with Gasteiger partial charge in [-0.25, -0.2) is 0 Å². The lowest BCUT2D eigenvalue weighted by Gasteiger charge is -2.52. The third-order valence-corrected chi connectivity index (χ3v) is 3.16. The highest BCUT2D eigenvalue weighted by Gasteiger charge is 2.53. The first-order valence-electron chi connectivity index (χ1n) is 4.52. The Hall–Kier alpha value is -1.42. The SMILES string of the molecule is CN1C(=O)C(N)C1(C)c1ccncc1. The molecule has 1 aliphatic rings. The van der Waals surface area contributed by atoms with Crippen molar-refractivity contribution in [3.8, 4) is 0 Å². The number of likely N-dealkylation sites (tertiary alicyclic amines) is 1. The van der Waals surface area contributed by atoms with E-state index in [9.17, 15) is 4.79 Å². The Kier molecular flexibility index (Phi) is 1.82. The Bertz CT molecular complexity index is 351. The Morgan fingerprint density at radius 3 is 2.57 bits per heavy atom. The van der Waals surface area contributed by atoms with E-state index in [0.29, 0.717) is 0 Å². The van der Waals surface area contributed by atoms with Crippen LogP contribution < -0.4 is 5.73 Å². The molecule has 0 bridgehead atoms. The number of nitrogens with two attached hydrogens (primary N) is 1. The van der Waals surface area contributed by atoms with Gasteiger partial charge in [0.25, 0.3) is 0 Å². The molecule has 1 fully saturated rings. The first-order valence-corrected chi connectivity index (χ1v) is 4.52. The van der Waals surface area contributed by atoms with Gasteiger partial charge < -0.3 is 10.6 Å². The molecular weight excluding hydrogens is 178 g/mol. The zero-order chi connectivity index (χ0) is 10.3. The molecule has 0 saturated carbocycles. The van der Waals surface area contributed by atoms with E-state index in [1.54, 1.807) is 24.3 Å². The molecular formula is C10H13N3O. The van der Waals surface area contributed by atoms with Crippen LogP contribution in [0.1, 0.15) is 12.5 Å². The maximum atomic E-state index is 11.3. The van der Waals surface area contributed by atoms with Crippen LogP contribution >= 0.6 is 0 Å². The van der Waals surface area contributed by atoms with Crippen molar-refractivity contribution in [1.82, 2.24) is 9.88 Å². The van der Waals surface area contributed by atoms with Crippen LogP contribution in [0.25, 0.3) is 0 Å². The fourth-order valence-electron chi connectivity index (χ4n) is 1.88. The summed E-state index contributed by atoms with van der Waals surface area (Å²) in [5, 5.41) is 0. The minimum atomic E-state index is -0.435. The standard InChI is InChI=1S/C10H13N3O/c1-10(7-3-5-12-6-4-7)8(11)9(14)13(10)2/h3-6,8H,11H2,1-2H3. The van der Waals surface area contributed by atoms with Crippen LogP contribution in [-0.4, -0.2) is 28.9 Å². The van der Waals surface area contributed by atoms with Crippen molar-refractivity contribution >= 4 is 5.91 Å². The summed E-state index contributed by atoms with van der Waals surface area (Å²) in [6.07, 6.45) is 3.42. The van der Waals surface area contributed by atoms with Crippen LogP contribution in [0.3, 0.4) is 0 Å². The van der Waals surface area contributed by atoms with Crippen LogP contribution in [0, 0.1) is 0 Å². The monoisotopic (exact) mass is 191 g/mol. The smallest absolute Gasteiger partial charge is 0.242 e. The highest BCUT2D eigenvalue weighted by Crippen LogP contribution is 2.38. The average Bonchev–Trinajstić information content (AvgIpc) is 2.27. The molecule has 2 N–H and O–H groups in total. The van der Waals surface area contributed by atoms with Gasteiger partial charge in [-0.2, -0.15) is 0 Å². The normalized spacial score (nSPS) is 31.5. The Labute approximate surface area is 82.7 Å². The first kappa shape index (κ1) is 9.15. The van der Waals surface area contributed by atoms with Crippen LogP contribution in [0.15, 0.2) is 24.5 Å². The molecule has 0 spiro atoms. The Morgan fingerprint density at radius 2 is 2.07 bits per heavy atom. The number of β-lactam (4-membered cyclic amide) rings is 1. The molecule has 1 saturated heterocycles. The van der Waals surface area contributed by atoms with Gasteiger partial charge in [0.2, 0.25) is 5.91 Å². The number of carbonyl (C=O) groups excluding carboxylic acids is 1. The van der Waals surface area contributed by atoms with E-state index in [-0.39, 0.29) is 11.4 Å². The zero-order valence-corrected chi connectivity index (χ0v) is 8.27. The lowest BCUT2D eigenvalue weighted by atomic mass is 9.76. The molecule has 2 rings (SSSR count). The second-order valence-corrected chi connectivity index (χ2v) is 3.76. The Morgan fingerprint density at radius 1 is 1.50 bits per heavy atom.